The molecule has 1 saturated carbocycles. The van der Waals surface area contributed by atoms with Gasteiger partial charge in [-0.15, -0.1) is 0 Å². The van der Waals surface area contributed by atoms with E-state index in [-0.39, 0.29) is 25.2 Å². The van der Waals surface area contributed by atoms with E-state index in [9.17, 15) is 14.7 Å². The molecule has 0 aliphatic heterocycles. The molecule has 1 aliphatic rings. The molecule has 2 rings (SSSR count). The van der Waals surface area contributed by atoms with Crippen LogP contribution in [-0.4, -0.2) is 39.8 Å². The second-order valence-electron chi connectivity index (χ2n) is 5.84. The Kier molecular flexibility index (Phi) is 6.52. The standard InChI is InChI=1S/C15H23N3O5/c1-10-16-14(23-18-10)9-22-8-13(19)17-12-7-5-3-2-4-6-11(12)15(20)21/h11-12H,2-9H2,1H3,(H,17,19)(H,20,21). The molecule has 2 N–H and O–H groups in total. The van der Waals surface area contributed by atoms with Gasteiger partial charge in [0.25, 0.3) is 5.89 Å². The lowest BCUT2D eigenvalue weighted by Crippen LogP contribution is -2.45. The summed E-state index contributed by atoms with van der Waals surface area (Å²) in [5.74, 6) is -0.883. The molecule has 1 fully saturated rings. The molecule has 0 spiro atoms. The fraction of sp³-hybridized carbons (Fsp3) is 0.733. The molecule has 1 aliphatic carbocycles. The van der Waals surface area contributed by atoms with E-state index in [0.29, 0.717) is 24.6 Å². The Morgan fingerprint density at radius 1 is 1.30 bits per heavy atom. The molecule has 1 aromatic heterocycles. The SMILES string of the molecule is Cc1noc(COCC(=O)NC2CCCCCCC2C(=O)O)n1. The number of carbonyl (C=O) groups excluding carboxylic acids is 1. The van der Waals surface area contributed by atoms with Crippen LogP contribution in [0.1, 0.15) is 50.2 Å². The van der Waals surface area contributed by atoms with Crippen molar-refractivity contribution in [3.8, 4) is 0 Å². The summed E-state index contributed by atoms with van der Waals surface area (Å²) in [6, 6.07) is -0.338. The summed E-state index contributed by atoms with van der Waals surface area (Å²) in [7, 11) is 0. The topological polar surface area (TPSA) is 115 Å². The van der Waals surface area contributed by atoms with Crippen molar-refractivity contribution in [3.05, 3.63) is 11.7 Å². The number of hydrogen-bond acceptors (Lipinski definition) is 6. The predicted molar refractivity (Wildman–Crippen MR) is 79.4 cm³/mol. The van der Waals surface area contributed by atoms with Gasteiger partial charge in [0.05, 0.1) is 5.92 Å². The monoisotopic (exact) mass is 325 g/mol. The summed E-state index contributed by atoms with van der Waals surface area (Å²) < 4.78 is 10.1. The highest BCUT2D eigenvalue weighted by Gasteiger charge is 2.29. The first kappa shape index (κ1) is 17.4. The van der Waals surface area contributed by atoms with Gasteiger partial charge in [0.15, 0.2) is 5.82 Å². The number of nitrogens with zero attached hydrogens (tertiary/aromatic N) is 2. The number of aromatic nitrogens is 2. The molecule has 0 aromatic carbocycles. The van der Waals surface area contributed by atoms with Crippen LogP contribution < -0.4 is 5.32 Å². The number of aliphatic carboxylic acids is 1. The average Bonchev–Trinajstić information content (AvgIpc) is 2.87. The molecule has 1 heterocycles. The van der Waals surface area contributed by atoms with Gasteiger partial charge in [-0.25, -0.2) is 0 Å². The lowest BCUT2D eigenvalue weighted by atomic mass is 9.87. The van der Waals surface area contributed by atoms with Crippen LogP contribution in [0.2, 0.25) is 0 Å². The molecular formula is C15H23N3O5. The third-order valence-electron chi connectivity index (χ3n) is 3.96. The first-order chi connectivity index (χ1) is 11.1. The van der Waals surface area contributed by atoms with E-state index in [1.165, 1.54) is 0 Å². The molecule has 2 atom stereocenters. The Bertz CT molecular complexity index is 531. The maximum absolute atomic E-state index is 12.0. The van der Waals surface area contributed by atoms with Gasteiger partial charge < -0.3 is 19.7 Å². The quantitative estimate of drug-likeness (QED) is 0.813. The van der Waals surface area contributed by atoms with Crippen molar-refractivity contribution in [1.82, 2.24) is 15.5 Å². The number of carbonyl (C=O) groups is 2. The van der Waals surface area contributed by atoms with Crippen LogP contribution in [0.15, 0.2) is 4.52 Å². The first-order valence-electron chi connectivity index (χ1n) is 7.95. The van der Waals surface area contributed by atoms with Crippen molar-refractivity contribution in [2.45, 2.75) is 58.1 Å². The number of carboxylic acid groups (broad SMARTS) is 1. The summed E-state index contributed by atoms with van der Waals surface area (Å²) in [6.45, 7) is 1.59. The zero-order chi connectivity index (χ0) is 16.7. The zero-order valence-corrected chi connectivity index (χ0v) is 13.3. The van der Waals surface area contributed by atoms with Crippen molar-refractivity contribution >= 4 is 11.9 Å². The number of ether oxygens (including phenoxy) is 1. The van der Waals surface area contributed by atoms with E-state index >= 15 is 0 Å². The third-order valence-corrected chi connectivity index (χ3v) is 3.96. The Morgan fingerprint density at radius 2 is 2.04 bits per heavy atom. The summed E-state index contributed by atoms with van der Waals surface area (Å²) in [5.41, 5.74) is 0. The molecule has 2 unspecified atom stereocenters. The molecule has 0 saturated heterocycles. The number of rotatable bonds is 6. The van der Waals surface area contributed by atoms with Crippen molar-refractivity contribution in [3.63, 3.8) is 0 Å². The summed E-state index contributed by atoms with van der Waals surface area (Å²) in [6.07, 6.45) is 5.23. The van der Waals surface area contributed by atoms with Crippen molar-refractivity contribution in [1.29, 1.82) is 0 Å². The second-order valence-corrected chi connectivity index (χ2v) is 5.84. The molecule has 1 amide bonds. The number of nitrogens with one attached hydrogen (secondary N) is 1. The lowest BCUT2D eigenvalue weighted by Gasteiger charge is -2.27. The molecular weight excluding hydrogens is 302 g/mol. The van der Waals surface area contributed by atoms with Crippen LogP contribution in [0.4, 0.5) is 0 Å². The van der Waals surface area contributed by atoms with Crippen LogP contribution >= 0.6 is 0 Å². The van der Waals surface area contributed by atoms with Gasteiger partial charge in [-0.3, -0.25) is 9.59 Å². The molecule has 128 valence electrons. The predicted octanol–water partition coefficient (Wildman–Crippen LogP) is 1.43. The highest BCUT2D eigenvalue weighted by molar-refractivity contribution is 5.79. The Labute approximate surface area is 134 Å². The van der Waals surface area contributed by atoms with Gasteiger partial charge in [0.2, 0.25) is 5.91 Å². The molecule has 8 heteroatoms. The van der Waals surface area contributed by atoms with Crippen LogP contribution in [0.25, 0.3) is 0 Å². The van der Waals surface area contributed by atoms with E-state index < -0.39 is 11.9 Å². The number of aryl methyl sites for hydroxylation is 1. The number of carboxylic acids is 1. The molecule has 8 nitrogen and oxygen atoms in total. The van der Waals surface area contributed by atoms with E-state index in [0.717, 1.165) is 25.7 Å². The Morgan fingerprint density at radius 3 is 2.70 bits per heavy atom. The Balaban J connectivity index is 1.79. The zero-order valence-electron chi connectivity index (χ0n) is 13.3. The minimum absolute atomic E-state index is 0.0568. The van der Waals surface area contributed by atoms with E-state index in [1.807, 2.05) is 0 Å². The van der Waals surface area contributed by atoms with Crippen molar-refractivity contribution in [2.75, 3.05) is 6.61 Å². The second kappa shape index (κ2) is 8.61. The summed E-state index contributed by atoms with van der Waals surface area (Å²) in [5, 5.41) is 15.8. The van der Waals surface area contributed by atoms with Crippen LogP contribution in [0.3, 0.4) is 0 Å². The molecule has 1 aromatic rings. The first-order valence-corrected chi connectivity index (χ1v) is 7.95. The minimum atomic E-state index is -0.848. The fourth-order valence-corrected chi connectivity index (χ4v) is 2.83. The van der Waals surface area contributed by atoms with Crippen molar-refractivity contribution < 1.29 is 24.0 Å². The number of amides is 1. The van der Waals surface area contributed by atoms with Gasteiger partial charge in [-0.2, -0.15) is 4.98 Å². The highest BCUT2D eigenvalue weighted by Crippen LogP contribution is 2.23. The van der Waals surface area contributed by atoms with Gasteiger partial charge in [-0.05, 0) is 19.8 Å². The summed E-state index contributed by atoms with van der Waals surface area (Å²) >= 11 is 0. The lowest BCUT2D eigenvalue weighted by molar-refractivity contribution is -0.143. The fourth-order valence-electron chi connectivity index (χ4n) is 2.83. The van der Waals surface area contributed by atoms with Gasteiger partial charge in [0.1, 0.15) is 13.2 Å². The van der Waals surface area contributed by atoms with Gasteiger partial charge in [-0.1, -0.05) is 30.8 Å². The minimum Gasteiger partial charge on any atom is -0.481 e. The van der Waals surface area contributed by atoms with E-state index in [1.54, 1.807) is 6.92 Å². The molecule has 0 radical (unpaired) electrons. The van der Waals surface area contributed by atoms with E-state index in [2.05, 4.69) is 15.5 Å². The van der Waals surface area contributed by atoms with E-state index in [4.69, 9.17) is 9.26 Å². The van der Waals surface area contributed by atoms with Crippen LogP contribution in [-0.2, 0) is 20.9 Å². The van der Waals surface area contributed by atoms with Crippen molar-refractivity contribution in [2.24, 2.45) is 5.92 Å². The molecule has 23 heavy (non-hydrogen) atoms. The normalized spacial score (nSPS) is 22.1. The average molecular weight is 325 g/mol. The highest BCUT2D eigenvalue weighted by atomic mass is 16.5. The maximum Gasteiger partial charge on any atom is 0.308 e. The maximum atomic E-state index is 12.0. The van der Waals surface area contributed by atoms with Gasteiger partial charge in [0, 0.05) is 6.04 Å². The van der Waals surface area contributed by atoms with Crippen LogP contribution in [0, 0.1) is 12.8 Å². The number of hydrogen-bond donors (Lipinski definition) is 2. The third kappa shape index (κ3) is 5.63. The molecule has 0 bridgehead atoms. The summed E-state index contributed by atoms with van der Waals surface area (Å²) in [4.78, 5) is 27.3. The largest absolute Gasteiger partial charge is 0.481 e. The smallest absolute Gasteiger partial charge is 0.308 e. The van der Waals surface area contributed by atoms with Crippen LogP contribution in [0.5, 0.6) is 0 Å². The van der Waals surface area contributed by atoms with Gasteiger partial charge >= 0.3 is 5.97 Å². The Hall–Kier alpha value is -1.96.